The number of carbonyl (C=O) groups excluding carboxylic acids is 1. The predicted molar refractivity (Wildman–Crippen MR) is 92.5 cm³/mol. The lowest BCUT2D eigenvalue weighted by molar-refractivity contribution is -0.125. The van der Waals surface area contributed by atoms with E-state index in [0.29, 0.717) is 5.82 Å². The number of fused-ring (bicyclic) bond motifs is 1. The largest absolute Gasteiger partial charge is 0.331 e. The van der Waals surface area contributed by atoms with Gasteiger partial charge in [0.2, 0.25) is 0 Å². The SMILES string of the molecule is Cc1ncc(-c2ccc3cnc(NC(=O)C(C)(C)F)cc3c2)n1C. The highest BCUT2D eigenvalue weighted by atomic mass is 19.1. The van der Waals surface area contributed by atoms with Crippen molar-refractivity contribution in [2.24, 2.45) is 7.05 Å². The van der Waals surface area contributed by atoms with Crippen LogP contribution in [-0.4, -0.2) is 26.1 Å². The van der Waals surface area contributed by atoms with Crippen molar-refractivity contribution >= 4 is 22.5 Å². The first-order valence-electron chi connectivity index (χ1n) is 7.64. The van der Waals surface area contributed by atoms with Gasteiger partial charge >= 0.3 is 0 Å². The number of halogens is 1. The molecule has 1 amide bonds. The quantitative estimate of drug-likeness (QED) is 0.799. The molecule has 0 aliphatic carbocycles. The number of aryl methyl sites for hydroxylation is 1. The van der Waals surface area contributed by atoms with Gasteiger partial charge in [-0.2, -0.15) is 0 Å². The van der Waals surface area contributed by atoms with Crippen molar-refractivity contribution < 1.29 is 9.18 Å². The summed E-state index contributed by atoms with van der Waals surface area (Å²) in [6.45, 7) is 4.37. The molecule has 0 spiro atoms. The molecule has 0 fully saturated rings. The Labute approximate surface area is 139 Å². The number of carbonyl (C=O) groups is 1. The Morgan fingerprint density at radius 2 is 1.92 bits per heavy atom. The summed E-state index contributed by atoms with van der Waals surface area (Å²) in [6, 6.07) is 7.71. The van der Waals surface area contributed by atoms with Gasteiger partial charge in [0.1, 0.15) is 11.6 Å². The standard InChI is InChI=1S/C18H19FN4O/c1-11-20-10-15(23(11)4)12-5-6-13-9-21-16(8-14(13)7-12)22-17(24)18(2,3)19/h5-10H,1-4H3,(H,21,22,24). The van der Waals surface area contributed by atoms with Gasteiger partial charge in [-0.25, -0.2) is 14.4 Å². The van der Waals surface area contributed by atoms with E-state index in [1.54, 1.807) is 12.3 Å². The zero-order valence-electron chi connectivity index (χ0n) is 14.1. The van der Waals surface area contributed by atoms with Crippen molar-refractivity contribution in [1.82, 2.24) is 14.5 Å². The van der Waals surface area contributed by atoms with Crippen LogP contribution in [0, 0.1) is 6.92 Å². The first-order chi connectivity index (χ1) is 11.3. The van der Waals surface area contributed by atoms with E-state index in [1.165, 1.54) is 13.8 Å². The molecule has 0 unspecified atom stereocenters. The molecule has 0 atom stereocenters. The fourth-order valence-corrected chi connectivity index (χ4v) is 2.40. The number of anilines is 1. The molecule has 1 aromatic carbocycles. The lowest BCUT2D eigenvalue weighted by atomic mass is 10.1. The zero-order chi connectivity index (χ0) is 17.5. The molecule has 0 aliphatic heterocycles. The maximum atomic E-state index is 13.7. The highest BCUT2D eigenvalue weighted by molar-refractivity contribution is 5.97. The maximum Gasteiger partial charge on any atom is 0.262 e. The van der Waals surface area contributed by atoms with Gasteiger partial charge in [0.15, 0.2) is 5.67 Å². The van der Waals surface area contributed by atoms with Crippen LogP contribution in [0.3, 0.4) is 0 Å². The second-order valence-corrected chi connectivity index (χ2v) is 6.31. The average Bonchev–Trinajstić information content (AvgIpc) is 2.85. The molecule has 0 aliphatic rings. The van der Waals surface area contributed by atoms with E-state index in [1.807, 2.05) is 42.9 Å². The van der Waals surface area contributed by atoms with Crippen LogP contribution in [0.1, 0.15) is 19.7 Å². The first kappa shape index (κ1) is 16.1. The van der Waals surface area contributed by atoms with Gasteiger partial charge in [0.25, 0.3) is 5.91 Å². The molecule has 0 saturated heterocycles. The highest BCUT2D eigenvalue weighted by Gasteiger charge is 2.26. The number of imidazole rings is 1. The number of benzene rings is 1. The second kappa shape index (κ2) is 5.70. The Morgan fingerprint density at radius 1 is 1.17 bits per heavy atom. The van der Waals surface area contributed by atoms with E-state index in [4.69, 9.17) is 0 Å². The van der Waals surface area contributed by atoms with Crippen LogP contribution in [-0.2, 0) is 11.8 Å². The molecule has 5 nitrogen and oxygen atoms in total. The van der Waals surface area contributed by atoms with Gasteiger partial charge < -0.3 is 9.88 Å². The molecule has 124 valence electrons. The molecule has 0 saturated carbocycles. The van der Waals surface area contributed by atoms with Crippen molar-refractivity contribution in [1.29, 1.82) is 0 Å². The fourth-order valence-electron chi connectivity index (χ4n) is 2.40. The van der Waals surface area contributed by atoms with Crippen LogP contribution in [0.25, 0.3) is 22.0 Å². The summed E-state index contributed by atoms with van der Waals surface area (Å²) >= 11 is 0. The highest BCUT2D eigenvalue weighted by Crippen LogP contribution is 2.26. The molecule has 1 N–H and O–H groups in total. The molecule has 3 rings (SSSR count). The summed E-state index contributed by atoms with van der Waals surface area (Å²) in [5.74, 6) is 0.544. The van der Waals surface area contributed by atoms with Crippen molar-refractivity contribution in [3.05, 3.63) is 42.5 Å². The minimum atomic E-state index is -1.95. The van der Waals surface area contributed by atoms with Gasteiger partial charge in [0, 0.05) is 24.2 Å². The van der Waals surface area contributed by atoms with Gasteiger partial charge in [-0.15, -0.1) is 0 Å². The molecule has 3 aromatic rings. The van der Waals surface area contributed by atoms with E-state index >= 15 is 0 Å². The number of amides is 1. The van der Waals surface area contributed by atoms with Crippen LogP contribution in [0.15, 0.2) is 36.7 Å². The minimum Gasteiger partial charge on any atom is -0.331 e. The summed E-state index contributed by atoms with van der Waals surface area (Å²) in [6.07, 6.45) is 3.49. The Kier molecular flexibility index (Phi) is 3.83. The van der Waals surface area contributed by atoms with Crippen molar-refractivity contribution in [3.63, 3.8) is 0 Å². The van der Waals surface area contributed by atoms with Crippen molar-refractivity contribution in [2.75, 3.05) is 5.32 Å². The predicted octanol–water partition coefficient (Wildman–Crippen LogP) is 3.63. The number of nitrogens with one attached hydrogen (secondary N) is 1. The van der Waals surface area contributed by atoms with E-state index in [-0.39, 0.29) is 0 Å². The summed E-state index contributed by atoms with van der Waals surface area (Å²) in [5.41, 5.74) is 0.0617. The van der Waals surface area contributed by atoms with Gasteiger partial charge in [-0.05, 0) is 38.3 Å². The number of hydrogen-bond acceptors (Lipinski definition) is 3. The number of hydrogen-bond donors (Lipinski definition) is 1. The number of aromatic nitrogens is 3. The normalized spacial score (nSPS) is 11.7. The zero-order valence-corrected chi connectivity index (χ0v) is 14.1. The number of pyridine rings is 1. The van der Waals surface area contributed by atoms with Crippen molar-refractivity contribution in [3.8, 4) is 11.3 Å². The van der Waals surface area contributed by atoms with Crippen LogP contribution >= 0.6 is 0 Å². The number of rotatable bonds is 3. The first-order valence-corrected chi connectivity index (χ1v) is 7.64. The second-order valence-electron chi connectivity index (χ2n) is 6.31. The number of nitrogens with zero attached hydrogens (tertiary/aromatic N) is 3. The van der Waals surface area contributed by atoms with Crippen LogP contribution in [0.5, 0.6) is 0 Å². The summed E-state index contributed by atoms with van der Waals surface area (Å²) in [5, 5.41) is 4.36. The third-order valence-corrected chi connectivity index (χ3v) is 4.02. The monoisotopic (exact) mass is 326 g/mol. The summed E-state index contributed by atoms with van der Waals surface area (Å²) < 4.78 is 15.7. The van der Waals surface area contributed by atoms with E-state index in [9.17, 15) is 9.18 Å². The molecule has 6 heteroatoms. The van der Waals surface area contributed by atoms with Gasteiger partial charge in [-0.1, -0.05) is 12.1 Å². The molecular weight excluding hydrogens is 307 g/mol. The molecule has 0 bridgehead atoms. The third-order valence-electron chi connectivity index (χ3n) is 4.02. The lowest BCUT2D eigenvalue weighted by Crippen LogP contribution is -2.32. The molecule has 24 heavy (non-hydrogen) atoms. The van der Waals surface area contributed by atoms with Gasteiger partial charge in [0.05, 0.1) is 11.9 Å². The van der Waals surface area contributed by atoms with E-state index < -0.39 is 11.6 Å². The summed E-state index contributed by atoms with van der Waals surface area (Å²) in [7, 11) is 1.96. The molecular formula is C18H19FN4O. The third kappa shape index (κ3) is 2.99. The Hall–Kier alpha value is -2.76. The topological polar surface area (TPSA) is 59.8 Å². The Balaban J connectivity index is 1.99. The van der Waals surface area contributed by atoms with Crippen LogP contribution in [0.2, 0.25) is 0 Å². The fraction of sp³-hybridized carbons (Fsp3) is 0.278. The molecule has 0 radical (unpaired) electrons. The van der Waals surface area contributed by atoms with Crippen LogP contribution < -0.4 is 5.32 Å². The van der Waals surface area contributed by atoms with E-state index in [0.717, 1.165) is 27.9 Å². The molecule has 2 aromatic heterocycles. The Morgan fingerprint density at radius 3 is 2.54 bits per heavy atom. The smallest absolute Gasteiger partial charge is 0.262 e. The lowest BCUT2D eigenvalue weighted by Gasteiger charge is -2.14. The van der Waals surface area contributed by atoms with E-state index in [2.05, 4.69) is 15.3 Å². The Bertz CT molecular complexity index is 924. The van der Waals surface area contributed by atoms with Crippen molar-refractivity contribution in [2.45, 2.75) is 26.4 Å². The minimum absolute atomic E-state index is 0.330. The number of alkyl halides is 1. The van der Waals surface area contributed by atoms with Crippen LogP contribution in [0.4, 0.5) is 10.2 Å². The summed E-state index contributed by atoms with van der Waals surface area (Å²) in [4.78, 5) is 20.2. The van der Waals surface area contributed by atoms with Gasteiger partial charge in [-0.3, -0.25) is 4.79 Å². The maximum absolute atomic E-state index is 13.7. The average molecular weight is 326 g/mol. The molecule has 2 heterocycles.